The first-order chi connectivity index (χ1) is 20.8. The van der Waals surface area contributed by atoms with Gasteiger partial charge in [-0.05, 0) is 85.2 Å². The molecule has 5 aliphatic rings. The number of allylic oxidation sites excluding steroid dienone is 4. The van der Waals surface area contributed by atoms with Gasteiger partial charge >= 0.3 is 6.09 Å². The molecule has 0 aromatic heterocycles. The molecule has 0 aliphatic heterocycles. The van der Waals surface area contributed by atoms with Gasteiger partial charge < -0.3 is 10.1 Å². The SMILES string of the molecule is CC.CC1C(=O)C(C#N)=CC2(C)C3=CC(=O)C4C5CC(C)(C)CCC5(NC(=O)OCc5ccccc5)CCC4C3(C)CCC12. The average molecular weight is 599 g/mol. The highest BCUT2D eigenvalue weighted by atomic mass is 16.5. The fourth-order valence-electron chi connectivity index (χ4n) is 10.1. The van der Waals surface area contributed by atoms with Gasteiger partial charge in [-0.2, -0.15) is 5.26 Å². The monoisotopic (exact) mass is 598 g/mol. The number of nitriles is 1. The molecule has 3 fully saturated rings. The summed E-state index contributed by atoms with van der Waals surface area (Å²) in [7, 11) is 0. The Bertz CT molecular complexity index is 1420. The molecule has 0 bridgehead atoms. The van der Waals surface area contributed by atoms with Gasteiger partial charge in [-0.25, -0.2) is 4.79 Å². The molecule has 0 radical (unpaired) electrons. The first-order valence-electron chi connectivity index (χ1n) is 16.8. The molecule has 236 valence electrons. The number of ketones is 2. The third-order valence-corrected chi connectivity index (χ3v) is 12.3. The molecule has 44 heavy (non-hydrogen) atoms. The molecule has 1 amide bonds. The van der Waals surface area contributed by atoms with E-state index in [1.54, 1.807) is 0 Å². The van der Waals surface area contributed by atoms with Crippen molar-refractivity contribution >= 4 is 17.7 Å². The van der Waals surface area contributed by atoms with Crippen LogP contribution in [0, 0.1) is 57.2 Å². The number of carbonyl (C=O) groups is 3. The van der Waals surface area contributed by atoms with Crippen molar-refractivity contribution in [3.63, 3.8) is 0 Å². The maximum atomic E-state index is 14.4. The highest BCUT2D eigenvalue weighted by molar-refractivity contribution is 6.02. The van der Waals surface area contributed by atoms with E-state index in [9.17, 15) is 19.6 Å². The van der Waals surface area contributed by atoms with Gasteiger partial charge in [0.2, 0.25) is 0 Å². The Morgan fingerprint density at radius 2 is 1.66 bits per heavy atom. The molecule has 1 N–H and O–H groups in total. The molecule has 0 heterocycles. The lowest BCUT2D eigenvalue weighted by Gasteiger charge is -2.64. The van der Waals surface area contributed by atoms with Gasteiger partial charge in [0.15, 0.2) is 11.6 Å². The number of nitrogens with zero attached hydrogens (tertiary/aromatic N) is 1. The zero-order chi connectivity index (χ0) is 32.1. The summed E-state index contributed by atoms with van der Waals surface area (Å²) in [5, 5.41) is 13.1. The van der Waals surface area contributed by atoms with Crippen LogP contribution in [0.15, 0.2) is 53.6 Å². The second-order valence-electron chi connectivity index (χ2n) is 15.1. The molecule has 0 spiro atoms. The summed E-state index contributed by atoms with van der Waals surface area (Å²) in [6.45, 7) is 15.2. The van der Waals surface area contributed by atoms with Crippen LogP contribution in [0.2, 0.25) is 0 Å². The van der Waals surface area contributed by atoms with Crippen molar-refractivity contribution in [1.29, 1.82) is 5.26 Å². The number of amides is 1. The lowest BCUT2D eigenvalue weighted by atomic mass is 9.40. The van der Waals surface area contributed by atoms with Crippen LogP contribution in [0.1, 0.15) is 99.0 Å². The van der Waals surface area contributed by atoms with Crippen molar-refractivity contribution < 1.29 is 19.1 Å². The van der Waals surface area contributed by atoms with Crippen LogP contribution in [0.25, 0.3) is 0 Å². The highest BCUT2D eigenvalue weighted by Gasteiger charge is 2.64. The van der Waals surface area contributed by atoms with Crippen LogP contribution in [-0.2, 0) is 20.9 Å². The maximum absolute atomic E-state index is 14.4. The van der Waals surface area contributed by atoms with Gasteiger partial charge in [0.05, 0.1) is 5.57 Å². The summed E-state index contributed by atoms with van der Waals surface area (Å²) in [4.78, 5) is 40.6. The number of hydrogen-bond acceptors (Lipinski definition) is 5. The Morgan fingerprint density at radius 1 is 0.977 bits per heavy atom. The molecule has 6 nitrogen and oxygen atoms in total. The Balaban J connectivity index is 0.00000188. The molecule has 6 heteroatoms. The zero-order valence-electron chi connectivity index (χ0n) is 27.7. The quantitative estimate of drug-likeness (QED) is 0.379. The Labute approximate surface area is 263 Å². The topological polar surface area (TPSA) is 96.3 Å². The summed E-state index contributed by atoms with van der Waals surface area (Å²) in [5.74, 6) is -0.0693. The first kappa shape index (κ1) is 32.2. The lowest BCUT2D eigenvalue weighted by Crippen LogP contribution is -2.66. The highest BCUT2D eigenvalue weighted by Crippen LogP contribution is 2.68. The summed E-state index contributed by atoms with van der Waals surface area (Å²) in [6.07, 6.45) is 9.58. The smallest absolute Gasteiger partial charge is 0.407 e. The number of ether oxygens (including phenoxy) is 1. The van der Waals surface area contributed by atoms with Crippen molar-refractivity contribution in [3.05, 3.63) is 59.2 Å². The molecule has 0 saturated heterocycles. The van der Waals surface area contributed by atoms with E-state index >= 15 is 0 Å². The molecule has 8 atom stereocenters. The van der Waals surface area contributed by atoms with Gasteiger partial charge in [0, 0.05) is 22.8 Å². The van der Waals surface area contributed by atoms with Crippen molar-refractivity contribution in [2.45, 2.75) is 106 Å². The van der Waals surface area contributed by atoms with Crippen LogP contribution < -0.4 is 5.32 Å². The van der Waals surface area contributed by atoms with Crippen LogP contribution in [0.4, 0.5) is 4.79 Å². The van der Waals surface area contributed by atoms with E-state index in [2.05, 4.69) is 39.1 Å². The normalized spacial score (nSPS) is 38.5. The molecule has 6 rings (SSSR count). The molecule has 5 aliphatic carbocycles. The van der Waals surface area contributed by atoms with Gasteiger partial charge in [-0.1, -0.05) is 90.4 Å². The lowest BCUT2D eigenvalue weighted by molar-refractivity contribution is -0.139. The van der Waals surface area contributed by atoms with Crippen molar-refractivity contribution in [2.75, 3.05) is 0 Å². The Hall–Kier alpha value is -3.20. The minimum atomic E-state index is -0.494. The number of carbonyl (C=O) groups excluding carboxylic acids is 3. The number of rotatable bonds is 3. The molecule has 3 saturated carbocycles. The second kappa shape index (κ2) is 11.6. The minimum Gasteiger partial charge on any atom is -0.445 e. The Morgan fingerprint density at radius 3 is 2.34 bits per heavy atom. The molecular weight excluding hydrogens is 548 g/mol. The van der Waals surface area contributed by atoms with Crippen molar-refractivity contribution in [2.24, 2.45) is 45.8 Å². The largest absolute Gasteiger partial charge is 0.445 e. The second-order valence-corrected chi connectivity index (χ2v) is 15.1. The summed E-state index contributed by atoms with van der Waals surface area (Å²) >= 11 is 0. The van der Waals surface area contributed by atoms with Gasteiger partial charge in [-0.15, -0.1) is 0 Å². The average Bonchev–Trinajstić information content (AvgIpc) is 3.00. The molecule has 1 aromatic rings. The third-order valence-electron chi connectivity index (χ3n) is 12.3. The Kier molecular flexibility index (Phi) is 8.51. The van der Waals surface area contributed by atoms with E-state index in [1.165, 1.54) is 0 Å². The fourth-order valence-corrected chi connectivity index (χ4v) is 10.1. The fraction of sp³-hybridized carbons (Fsp3) is 0.632. The minimum absolute atomic E-state index is 0.0222. The van der Waals surface area contributed by atoms with Crippen LogP contribution in [0.3, 0.4) is 0 Å². The summed E-state index contributed by atoms with van der Waals surface area (Å²) < 4.78 is 5.70. The molecule has 8 unspecified atom stereocenters. The summed E-state index contributed by atoms with van der Waals surface area (Å²) in [5.41, 5.74) is 1.19. The van der Waals surface area contributed by atoms with E-state index in [0.717, 1.165) is 56.1 Å². The predicted molar refractivity (Wildman–Crippen MR) is 171 cm³/mol. The van der Waals surface area contributed by atoms with E-state index in [1.807, 2.05) is 63.3 Å². The van der Waals surface area contributed by atoms with E-state index < -0.39 is 17.0 Å². The number of alkyl carbamates (subject to hydrolysis) is 1. The number of nitrogens with one attached hydrogen (secondary N) is 1. The number of fused-ring (bicyclic) bond motifs is 7. The van der Waals surface area contributed by atoms with Crippen molar-refractivity contribution in [3.8, 4) is 6.07 Å². The molecular formula is C38H50N2O4. The number of Topliss-reactive ketones (excluding diaryl/α,β-unsaturated/α-hetero) is 1. The van der Waals surface area contributed by atoms with Crippen LogP contribution in [0.5, 0.6) is 0 Å². The number of hydrogen-bond donors (Lipinski definition) is 1. The molecule has 1 aromatic carbocycles. The van der Waals surface area contributed by atoms with Crippen molar-refractivity contribution in [1.82, 2.24) is 5.32 Å². The van der Waals surface area contributed by atoms with E-state index in [-0.39, 0.29) is 64.2 Å². The first-order valence-corrected chi connectivity index (χ1v) is 16.8. The predicted octanol–water partition coefficient (Wildman–Crippen LogP) is 8.13. The summed E-state index contributed by atoms with van der Waals surface area (Å²) in [6, 6.07) is 11.9. The zero-order valence-corrected chi connectivity index (χ0v) is 27.7. The maximum Gasteiger partial charge on any atom is 0.407 e. The standard InChI is InChI=1S/C36H44N2O4.C2H6/c1-22-25-11-13-34(4)26-12-14-36(38-32(41)42-21-23-9-7-6-8-10-23)16-15-33(2,3)19-27(36)30(26)28(39)17-29(34)35(25,5)18-24(20-37)31(22)40;1-2/h6-10,17-18,22,25-27,30H,11-16,19,21H2,1-5H3,(H,38,41);1-2H3. The van der Waals surface area contributed by atoms with Gasteiger partial charge in [0.1, 0.15) is 12.7 Å². The van der Waals surface area contributed by atoms with Gasteiger partial charge in [0.25, 0.3) is 0 Å². The van der Waals surface area contributed by atoms with E-state index in [0.29, 0.717) is 0 Å². The van der Waals surface area contributed by atoms with Crippen LogP contribution >= 0.6 is 0 Å². The third kappa shape index (κ3) is 5.15. The number of benzene rings is 1. The van der Waals surface area contributed by atoms with E-state index in [4.69, 9.17) is 4.74 Å². The van der Waals surface area contributed by atoms with Gasteiger partial charge in [-0.3, -0.25) is 9.59 Å². The van der Waals surface area contributed by atoms with Crippen LogP contribution in [-0.4, -0.2) is 23.2 Å².